The van der Waals surface area contributed by atoms with Crippen LogP contribution in [0.5, 0.6) is 11.5 Å². The Labute approximate surface area is 136 Å². The van der Waals surface area contributed by atoms with Gasteiger partial charge >= 0.3 is 0 Å². The summed E-state index contributed by atoms with van der Waals surface area (Å²) in [6, 6.07) is 4.16. The minimum Gasteiger partial charge on any atom is -0.504 e. The van der Waals surface area contributed by atoms with E-state index in [0.29, 0.717) is 17.4 Å². The number of hydrogen-bond acceptors (Lipinski definition) is 4. The fourth-order valence-electron chi connectivity index (χ4n) is 4.84. The fraction of sp³-hybridized carbons (Fsp3) is 0.421. The van der Waals surface area contributed by atoms with Crippen molar-refractivity contribution in [2.24, 2.45) is 5.92 Å². The smallest absolute Gasteiger partial charge is 0.181 e. The second kappa shape index (κ2) is 4.71. The van der Waals surface area contributed by atoms with E-state index in [2.05, 4.69) is 18.5 Å². The number of phenolic OH excluding ortho intramolecular Hbond substituents is 1. The topological polar surface area (TPSA) is 49.8 Å². The lowest BCUT2D eigenvalue weighted by atomic mass is 9.52. The first-order chi connectivity index (χ1) is 11.0. The zero-order chi connectivity index (χ0) is 16.4. The Bertz CT molecular complexity index is 751. The summed E-state index contributed by atoms with van der Waals surface area (Å²) in [4.78, 5) is 14.7. The molecule has 0 unspecified atom stereocenters. The molecule has 0 aromatic heterocycles. The van der Waals surface area contributed by atoms with E-state index >= 15 is 0 Å². The fourth-order valence-corrected chi connectivity index (χ4v) is 4.84. The first-order valence-corrected chi connectivity index (χ1v) is 8.02. The Kier molecular flexibility index (Phi) is 2.97. The molecule has 3 aliphatic rings. The second-order valence-corrected chi connectivity index (χ2v) is 6.85. The lowest BCUT2D eigenvalue weighted by Gasteiger charge is -2.57. The van der Waals surface area contributed by atoms with Crippen molar-refractivity contribution in [1.29, 1.82) is 0 Å². The van der Waals surface area contributed by atoms with Gasteiger partial charge < -0.3 is 14.7 Å². The molecule has 0 amide bonds. The van der Waals surface area contributed by atoms with Crippen molar-refractivity contribution >= 4 is 5.78 Å². The molecule has 4 heteroatoms. The summed E-state index contributed by atoms with van der Waals surface area (Å²) < 4.78 is 5.32. The maximum atomic E-state index is 12.4. The Hall–Kier alpha value is -2.07. The van der Waals surface area contributed by atoms with Crippen molar-refractivity contribution in [2.45, 2.75) is 24.3 Å². The summed E-state index contributed by atoms with van der Waals surface area (Å²) >= 11 is 0. The van der Waals surface area contributed by atoms with Crippen LogP contribution in [0.4, 0.5) is 0 Å². The second-order valence-electron chi connectivity index (χ2n) is 6.85. The number of methoxy groups -OCH3 is 1. The van der Waals surface area contributed by atoms with E-state index in [1.807, 2.05) is 18.2 Å². The van der Waals surface area contributed by atoms with Gasteiger partial charge in [-0.05, 0) is 44.1 Å². The number of carbonyl (C=O) groups is 1. The summed E-state index contributed by atoms with van der Waals surface area (Å²) in [5, 5.41) is 10.8. The molecule has 2 bridgehead atoms. The van der Waals surface area contributed by atoms with Crippen LogP contribution in [0.1, 0.15) is 17.5 Å². The van der Waals surface area contributed by atoms with Crippen molar-refractivity contribution < 1.29 is 14.6 Å². The highest BCUT2D eigenvalue weighted by Crippen LogP contribution is 2.58. The molecule has 120 valence electrons. The van der Waals surface area contributed by atoms with Gasteiger partial charge in [0.25, 0.3) is 0 Å². The number of phenols is 1. The summed E-state index contributed by atoms with van der Waals surface area (Å²) in [5.74, 6) is 0.767. The van der Waals surface area contributed by atoms with E-state index in [0.717, 1.165) is 30.5 Å². The predicted molar refractivity (Wildman–Crippen MR) is 87.9 cm³/mol. The Morgan fingerprint density at radius 3 is 2.96 bits per heavy atom. The Balaban J connectivity index is 2.05. The third kappa shape index (κ3) is 1.67. The minimum absolute atomic E-state index is 0.0281. The quantitative estimate of drug-likeness (QED) is 0.808. The zero-order valence-corrected chi connectivity index (χ0v) is 13.5. The third-order valence-electron chi connectivity index (χ3n) is 6.02. The van der Waals surface area contributed by atoms with E-state index in [-0.39, 0.29) is 17.5 Å². The summed E-state index contributed by atoms with van der Waals surface area (Å²) in [6.07, 6.45) is 5.33. The molecule has 0 spiro atoms. The molecule has 1 aromatic carbocycles. The van der Waals surface area contributed by atoms with Gasteiger partial charge in [0.05, 0.1) is 7.11 Å². The third-order valence-corrected chi connectivity index (χ3v) is 6.02. The van der Waals surface area contributed by atoms with Crippen LogP contribution in [-0.2, 0) is 16.6 Å². The number of allylic oxidation sites excluding steroid dienone is 2. The molecule has 1 aromatic rings. The van der Waals surface area contributed by atoms with Gasteiger partial charge in [-0.15, -0.1) is 0 Å². The van der Waals surface area contributed by atoms with Gasteiger partial charge in [-0.3, -0.25) is 4.79 Å². The van der Waals surface area contributed by atoms with Crippen LogP contribution < -0.4 is 4.74 Å². The lowest BCUT2D eigenvalue weighted by molar-refractivity contribution is -0.113. The molecule has 1 heterocycles. The van der Waals surface area contributed by atoms with Crippen LogP contribution in [-0.4, -0.2) is 42.5 Å². The molecule has 4 rings (SSSR count). The van der Waals surface area contributed by atoms with Crippen LogP contribution in [0, 0.1) is 5.92 Å². The van der Waals surface area contributed by atoms with Crippen LogP contribution in [0.15, 0.2) is 36.4 Å². The number of ether oxygens (including phenoxy) is 1. The number of aromatic hydroxyl groups is 1. The first kappa shape index (κ1) is 14.5. The average Bonchev–Trinajstić information content (AvgIpc) is 2.54. The van der Waals surface area contributed by atoms with E-state index in [9.17, 15) is 9.90 Å². The van der Waals surface area contributed by atoms with Crippen molar-refractivity contribution in [1.82, 2.24) is 4.90 Å². The normalized spacial score (nSPS) is 32.4. The number of likely N-dealkylation sites (tertiary alicyclic amines) is 1. The van der Waals surface area contributed by atoms with Crippen LogP contribution in [0.3, 0.4) is 0 Å². The predicted octanol–water partition coefficient (Wildman–Crippen LogP) is 2.21. The van der Waals surface area contributed by atoms with Gasteiger partial charge in [0.2, 0.25) is 0 Å². The molecule has 23 heavy (non-hydrogen) atoms. The zero-order valence-electron chi connectivity index (χ0n) is 13.5. The number of carbonyl (C=O) groups excluding carboxylic acids is 1. The molecule has 1 aliphatic heterocycles. The number of benzene rings is 1. The number of fused-ring (bicyclic) bond motifs is 1. The summed E-state index contributed by atoms with van der Waals surface area (Å²) in [6.45, 7) is 5.03. The van der Waals surface area contributed by atoms with Gasteiger partial charge in [0.1, 0.15) is 0 Å². The van der Waals surface area contributed by atoms with Crippen LogP contribution in [0.25, 0.3) is 0 Å². The van der Waals surface area contributed by atoms with Crippen LogP contribution in [0.2, 0.25) is 0 Å². The average molecular weight is 311 g/mol. The SMILES string of the molecule is C=C1C(=O)C=C[C@H]2[C@H]3Cc4ccc(OC)c(O)c4[C@@]12CCN3C. The standard InChI is InChI=1S/C19H21NO3/c1-11-15(21)6-5-13-14-10-12-4-7-16(23-3)18(22)17(12)19(11,13)8-9-20(14)2/h4-7,13-14,22H,1,8-10H2,2-3H3/t13-,14+,19-/m0/s1. The van der Waals surface area contributed by atoms with Gasteiger partial charge in [-0.1, -0.05) is 18.7 Å². The van der Waals surface area contributed by atoms with Crippen molar-refractivity contribution in [3.8, 4) is 11.5 Å². The van der Waals surface area contributed by atoms with Gasteiger partial charge in [0, 0.05) is 28.5 Å². The Morgan fingerprint density at radius 1 is 1.43 bits per heavy atom. The van der Waals surface area contributed by atoms with E-state index < -0.39 is 5.41 Å². The van der Waals surface area contributed by atoms with Crippen molar-refractivity contribution in [3.05, 3.63) is 47.6 Å². The summed E-state index contributed by atoms with van der Waals surface area (Å²) in [5.41, 5.74) is 2.05. The Morgan fingerprint density at radius 2 is 2.22 bits per heavy atom. The molecule has 2 aliphatic carbocycles. The molecular formula is C19H21NO3. The molecule has 1 N–H and O–H groups in total. The number of rotatable bonds is 1. The molecule has 3 atom stereocenters. The first-order valence-electron chi connectivity index (χ1n) is 8.02. The monoisotopic (exact) mass is 311 g/mol. The minimum atomic E-state index is -0.505. The number of likely N-dealkylation sites (N-methyl/N-ethyl adjacent to an activating group) is 1. The molecule has 0 saturated carbocycles. The van der Waals surface area contributed by atoms with E-state index in [1.54, 1.807) is 13.2 Å². The number of ketones is 1. The molecule has 0 radical (unpaired) electrons. The highest BCUT2D eigenvalue weighted by molar-refractivity contribution is 6.07. The largest absolute Gasteiger partial charge is 0.504 e. The number of nitrogens with zero attached hydrogens (tertiary/aromatic N) is 1. The van der Waals surface area contributed by atoms with E-state index in [4.69, 9.17) is 4.74 Å². The summed E-state index contributed by atoms with van der Waals surface area (Å²) in [7, 11) is 3.69. The van der Waals surface area contributed by atoms with Gasteiger partial charge in [-0.25, -0.2) is 0 Å². The van der Waals surface area contributed by atoms with Gasteiger partial charge in [0.15, 0.2) is 17.3 Å². The molecule has 1 saturated heterocycles. The lowest BCUT2D eigenvalue weighted by Crippen LogP contribution is -2.60. The van der Waals surface area contributed by atoms with Crippen molar-refractivity contribution in [3.63, 3.8) is 0 Å². The maximum absolute atomic E-state index is 12.4. The highest BCUT2D eigenvalue weighted by Gasteiger charge is 2.57. The molecular weight excluding hydrogens is 290 g/mol. The molecule has 4 nitrogen and oxygen atoms in total. The number of piperidine rings is 1. The van der Waals surface area contributed by atoms with Crippen LogP contribution >= 0.6 is 0 Å². The highest BCUT2D eigenvalue weighted by atomic mass is 16.5. The number of hydrogen-bond donors (Lipinski definition) is 1. The van der Waals surface area contributed by atoms with Gasteiger partial charge in [-0.2, -0.15) is 0 Å². The van der Waals surface area contributed by atoms with E-state index in [1.165, 1.54) is 0 Å². The molecule has 1 fully saturated rings. The van der Waals surface area contributed by atoms with Crippen molar-refractivity contribution in [2.75, 3.05) is 20.7 Å². The maximum Gasteiger partial charge on any atom is 0.181 e.